The molecule has 118 valence electrons. The third kappa shape index (κ3) is 3.51. The summed E-state index contributed by atoms with van der Waals surface area (Å²) in [7, 11) is -1.42. The van der Waals surface area contributed by atoms with E-state index in [1.807, 2.05) is 6.07 Å². The SMILES string of the molecule is CCCOc1ncc2[nH]c3cnc(C#C[Si](C)(C)C)cc3c2n1. The summed E-state index contributed by atoms with van der Waals surface area (Å²) in [5.41, 5.74) is 6.77. The minimum absolute atomic E-state index is 0.409. The number of rotatable bonds is 3. The fourth-order valence-electron chi connectivity index (χ4n) is 2.14. The van der Waals surface area contributed by atoms with Crippen LogP contribution in [0.3, 0.4) is 0 Å². The van der Waals surface area contributed by atoms with E-state index >= 15 is 0 Å². The predicted octanol–water partition coefficient (Wildman–Crippen LogP) is 3.52. The van der Waals surface area contributed by atoms with Gasteiger partial charge in [0, 0.05) is 5.39 Å². The second-order valence-corrected chi connectivity index (χ2v) is 11.3. The van der Waals surface area contributed by atoms with Gasteiger partial charge >= 0.3 is 6.01 Å². The first kappa shape index (κ1) is 15.5. The maximum Gasteiger partial charge on any atom is 0.317 e. The van der Waals surface area contributed by atoms with Crippen molar-refractivity contribution in [1.29, 1.82) is 0 Å². The topological polar surface area (TPSA) is 63.7 Å². The van der Waals surface area contributed by atoms with Crippen LogP contribution in [-0.2, 0) is 0 Å². The zero-order valence-corrected chi connectivity index (χ0v) is 14.9. The lowest BCUT2D eigenvalue weighted by atomic mass is 10.2. The monoisotopic (exact) mass is 324 g/mol. The molecule has 0 saturated heterocycles. The first-order valence-corrected chi connectivity index (χ1v) is 11.3. The van der Waals surface area contributed by atoms with Gasteiger partial charge < -0.3 is 9.72 Å². The van der Waals surface area contributed by atoms with Gasteiger partial charge in [0.1, 0.15) is 19.3 Å². The minimum atomic E-state index is -1.42. The van der Waals surface area contributed by atoms with E-state index in [-0.39, 0.29) is 0 Å². The van der Waals surface area contributed by atoms with E-state index in [4.69, 9.17) is 4.74 Å². The third-order valence-corrected chi connectivity index (χ3v) is 4.07. The molecule has 5 nitrogen and oxygen atoms in total. The van der Waals surface area contributed by atoms with Crippen LogP contribution in [0.25, 0.3) is 21.9 Å². The van der Waals surface area contributed by atoms with Crippen LogP contribution >= 0.6 is 0 Å². The van der Waals surface area contributed by atoms with Crippen molar-refractivity contribution >= 4 is 30.0 Å². The second kappa shape index (κ2) is 6.01. The van der Waals surface area contributed by atoms with Gasteiger partial charge in [-0.05, 0) is 12.5 Å². The molecule has 0 saturated carbocycles. The van der Waals surface area contributed by atoms with Gasteiger partial charge in [-0.15, -0.1) is 5.54 Å². The molecule has 0 fully saturated rings. The van der Waals surface area contributed by atoms with Crippen LogP contribution in [0.5, 0.6) is 6.01 Å². The highest BCUT2D eigenvalue weighted by Gasteiger charge is 2.10. The van der Waals surface area contributed by atoms with Gasteiger partial charge in [0.25, 0.3) is 0 Å². The Morgan fingerprint density at radius 1 is 1.17 bits per heavy atom. The molecular formula is C17H20N4OSi. The van der Waals surface area contributed by atoms with Crippen LogP contribution in [-0.4, -0.2) is 34.6 Å². The lowest BCUT2D eigenvalue weighted by Gasteiger charge is -2.03. The number of aromatic amines is 1. The number of ether oxygens (including phenoxy) is 1. The zero-order valence-electron chi connectivity index (χ0n) is 13.9. The van der Waals surface area contributed by atoms with Crippen molar-refractivity contribution in [2.75, 3.05) is 6.61 Å². The van der Waals surface area contributed by atoms with E-state index in [0.29, 0.717) is 12.6 Å². The number of fused-ring (bicyclic) bond motifs is 3. The largest absolute Gasteiger partial charge is 0.463 e. The molecule has 0 radical (unpaired) electrons. The van der Waals surface area contributed by atoms with Gasteiger partial charge in [-0.2, -0.15) is 4.98 Å². The van der Waals surface area contributed by atoms with Crippen molar-refractivity contribution in [2.45, 2.75) is 33.0 Å². The Morgan fingerprint density at radius 2 is 1.96 bits per heavy atom. The average molecular weight is 324 g/mol. The van der Waals surface area contributed by atoms with Gasteiger partial charge in [-0.3, -0.25) is 0 Å². The fourth-order valence-corrected chi connectivity index (χ4v) is 2.64. The lowest BCUT2D eigenvalue weighted by Crippen LogP contribution is -2.16. The smallest absolute Gasteiger partial charge is 0.317 e. The molecule has 0 atom stereocenters. The normalized spacial score (nSPS) is 11.5. The molecule has 0 bridgehead atoms. The molecule has 0 aliphatic carbocycles. The van der Waals surface area contributed by atoms with E-state index in [1.165, 1.54) is 0 Å². The van der Waals surface area contributed by atoms with Crippen molar-refractivity contribution in [1.82, 2.24) is 19.9 Å². The van der Waals surface area contributed by atoms with Crippen LogP contribution in [0.2, 0.25) is 19.6 Å². The van der Waals surface area contributed by atoms with Crippen LogP contribution in [0.4, 0.5) is 0 Å². The number of aromatic nitrogens is 4. The maximum atomic E-state index is 5.53. The van der Waals surface area contributed by atoms with Crippen molar-refractivity contribution in [3.05, 3.63) is 24.2 Å². The number of H-pyrrole nitrogens is 1. The second-order valence-electron chi connectivity index (χ2n) is 6.50. The van der Waals surface area contributed by atoms with Crippen molar-refractivity contribution in [3.8, 4) is 17.5 Å². The molecule has 0 aliphatic rings. The minimum Gasteiger partial charge on any atom is -0.463 e. The van der Waals surface area contributed by atoms with Crippen LogP contribution in [0.15, 0.2) is 18.5 Å². The molecular weight excluding hydrogens is 304 g/mol. The molecule has 1 N–H and O–H groups in total. The maximum absolute atomic E-state index is 5.53. The molecule has 6 heteroatoms. The summed E-state index contributed by atoms with van der Waals surface area (Å²) >= 11 is 0. The Kier molecular flexibility index (Phi) is 4.05. The van der Waals surface area contributed by atoms with Gasteiger partial charge in [0.2, 0.25) is 0 Å². The van der Waals surface area contributed by atoms with E-state index in [1.54, 1.807) is 12.4 Å². The average Bonchev–Trinajstić information content (AvgIpc) is 2.87. The Morgan fingerprint density at radius 3 is 2.70 bits per heavy atom. The fraction of sp³-hybridized carbons (Fsp3) is 0.353. The highest BCUT2D eigenvalue weighted by atomic mass is 28.3. The first-order chi connectivity index (χ1) is 11.0. The number of hydrogen-bond acceptors (Lipinski definition) is 4. The molecule has 3 aromatic heterocycles. The molecule has 3 aromatic rings. The van der Waals surface area contributed by atoms with Crippen LogP contribution in [0.1, 0.15) is 19.0 Å². The molecule has 0 amide bonds. The molecule has 0 unspecified atom stereocenters. The van der Waals surface area contributed by atoms with Crippen LogP contribution < -0.4 is 4.74 Å². The van der Waals surface area contributed by atoms with Crippen molar-refractivity contribution in [3.63, 3.8) is 0 Å². The first-order valence-electron chi connectivity index (χ1n) is 7.77. The van der Waals surface area contributed by atoms with Gasteiger partial charge in [0.05, 0.1) is 30.0 Å². The quantitative estimate of drug-likeness (QED) is 0.591. The standard InChI is InChI=1S/C17H20N4OSi/c1-5-7-22-17-19-11-15-16(21-17)13-9-12(6-8-23(2,3)4)18-10-14(13)20-15/h9-11,20H,5,7H2,1-4H3. The molecule has 3 rings (SSSR count). The Labute approximate surface area is 136 Å². The van der Waals surface area contributed by atoms with E-state index in [0.717, 1.165) is 34.1 Å². The number of pyridine rings is 1. The van der Waals surface area contributed by atoms with Gasteiger partial charge in [-0.1, -0.05) is 32.5 Å². The highest BCUT2D eigenvalue weighted by molar-refractivity contribution is 6.83. The Bertz CT molecular complexity index is 915. The summed E-state index contributed by atoms with van der Waals surface area (Å²) in [6, 6.07) is 2.39. The summed E-state index contributed by atoms with van der Waals surface area (Å²) in [5, 5.41) is 0.999. The Balaban J connectivity index is 2.08. The lowest BCUT2D eigenvalue weighted by molar-refractivity contribution is 0.293. The Hall–Kier alpha value is -2.39. The zero-order chi connectivity index (χ0) is 16.4. The summed E-state index contributed by atoms with van der Waals surface area (Å²) in [6.45, 7) is 9.32. The summed E-state index contributed by atoms with van der Waals surface area (Å²) in [5.74, 6) is 3.19. The van der Waals surface area contributed by atoms with Crippen molar-refractivity contribution in [2.24, 2.45) is 0 Å². The van der Waals surface area contributed by atoms with Gasteiger partial charge in [0.15, 0.2) is 0 Å². The van der Waals surface area contributed by atoms with Crippen molar-refractivity contribution < 1.29 is 4.74 Å². The van der Waals surface area contributed by atoms with Gasteiger partial charge in [-0.25, -0.2) is 9.97 Å². The number of nitrogens with one attached hydrogen (secondary N) is 1. The third-order valence-electron chi connectivity index (χ3n) is 3.20. The number of nitrogens with zero attached hydrogens (tertiary/aromatic N) is 3. The van der Waals surface area contributed by atoms with E-state index in [9.17, 15) is 0 Å². The summed E-state index contributed by atoms with van der Waals surface area (Å²) in [6.07, 6.45) is 4.48. The predicted molar refractivity (Wildman–Crippen MR) is 95.2 cm³/mol. The molecule has 3 heterocycles. The molecule has 23 heavy (non-hydrogen) atoms. The van der Waals surface area contributed by atoms with Crippen LogP contribution in [0, 0.1) is 11.5 Å². The van der Waals surface area contributed by atoms with E-state index < -0.39 is 8.07 Å². The molecule has 0 aliphatic heterocycles. The molecule has 0 spiro atoms. The highest BCUT2D eigenvalue weighted by Crippen LogP contribution is 2.24. The molecule has 0 aromatic carbocycles. The summed E-state index contributed by atoms with van der Waals surface area (Å²) < 4.78 is 5.53. The number of hydrogen-bond donors (Lipinski definition) is 1. The summed E-state index contributed by atoms with van der Waals surface area (Å²) in [4.78, 5) is 16.4. The van der Waals surface area contributed by atoms with E-state index in [2.05, 4.69) is 58.0 Å².